The maximum Gasteiger partial charge on any atom is 0.0832 e. The lowest BCUT2D eigenvalue weighted by molar-refractivity contribution is -0.192. The summed E-state index contributed by atoms with van der Waals surface area (Å²) < 4.78 is 18.6. The molecule has 0 bridgehead atoms. The van der Waals surface area contributed by atoms with Gasteiger partial charge >= 0.3 is 0 Å². The van der Waals surface area contributed by atoms with Crippen LogP contribution in [0.5, 0.6) is 0 Å². The Balaban J connectivity index is 5.14. The van der Waals surface area contributed by atoms with Gasteiger partial charge in [0.05, 0.1) is 27.7 Å². The summed E-state index contributed by atoms with van der Waals surface area (Å²) in [4.78, 5) is 0. The van der Waals surface area contributed by atoms with Gasteiger partial charge in [0.2, 0.25) is 0 Å². The van der Waals surface area contributed by atoms with Crippen molar-refractivity contribution in [2.75, 3.05) is 7.11 Å². The monoisotopic (exact) mass is 376 g/mol. The Labute approximate surface area is 160 Å². The molecular weight excluding hydrogens is 331 g/mol. The first-order valence-corrected chi connectivity index (χ1v) is 9.96. The molecule has 0 spiro atoms. The highest BCUT2D eigenvalue weighted by Gasteiger charge is 2.44. The highest BCUT2D eigenvalue weighted by atomic mass is 31.0. The molecule has 152 valence electrons. The van der Waals surface area contributed by atoms with Gasteiger partial charge in [-0.1, -0.05) is 13.8 Å². The number of hydrogen-bond acceptors (Lipinski definition) is 3. The molecule has 2 unspecified atom stereocenters. The second kappa shape index (κ2) is 7.74. The Hall–Kier alpha value is 0.310. The van der Waals surface area contributed by atoms with Gasteiger partial charge in [-0.2, -0.15) is 0 Å². The fraction of sp³-hybridized carbons (Fsp3) is 1.00. The quantitative estimate of drug-likeness (QED) is 0.449. The van der Waals surface area contributed by atoms with E-state index in [-0.39, 0.29) is 33.2 Å². The summed E-state index contributed by atoms with van der Waals surface area (Å²) >= 11 is 0. The van der Waals surface area contributed by atoms with Crippen LogP contribution in [0, 0.1) is 5.41 Å². The lowest BCUT2D eigenvalue weighted by Gasteiger charge is -2.48. The molecule has 0 aromatic heterocycles. The molecule has 0 N–H and O–H groups in total. The molecule has 0 saturated carbocycles. The van der Waals surface area contributed by atoms with E-state index in [1.807, 2.05) is 0 Å². The Morgan fingerprint density at radius 3 is 1.32 bits per heavy atom. The molecule has 3 nitrogen and oxygen atoms in total. The summed E-state index contributed by atoms with van der Waals surface area (Å²) in [6.45, 7) is 25.8. The van der Waals surface area contributed by atoms with Crippen molar-refractivity contribution >= 4 is 9.24 Å². The zero-order chi connectivity index (χ0) is 20.5. The van der Waals surface area contributed by atoms with Gasteiger partial charge in [-0.25, -0.2) is 0 Å². The van der Waals surface area contributed by atoms with Crippen LogP contribution in [-0.4, -0.2) is 34.9 Å². The van der Waals surface area contributed by atoms with Crippen LogP contribution < -0.4 is 0 Å². The van der Waals surface area contributed by atoms with E-state index in [0.717, 1.165) is 12.8 Å². The molecule has 0 fully saturated rings. The van der Waals surface area contributed by atoms with Gasteiger partial charge < -0.3 is 14.2 Å². The first kappa shape index (κ1) is 25.3. The van der Waals surface area contributed by atoms with Gasteiger partial charge in [0, 0.05) is 13.5 Å². The Bertz CT molecular complexity index is 429. The molecule has 0 aliphatic heterocycles. The van der Waals surface area contributed by atoms with E-state index in [1.54, 1.807) is 7.11 Å². The van der Waals surface area contributed by atoms with Crippen LogP contribution in [0.2, 0.25) is 0 Å². The van der Waals surface area contributed by atoms with Gasteiger partial charge in [-0.15, -0.1) is 9.24 Å². The van der Waals surface area contributed by atoms with Gasteiger partial charge in [0.15, 0.2) is 0 Å². The van der Waals surface area contributed by atoms with Crippen molar-refractivity contribution in [1.29, 1.82) is 0 Å². The summed E-state index contributed by atoms with van der Waals surface area (Å²) in [5.74, 6) is 0. The van der Waals surface area contributed by atoms with E-state index in [1.165, 1.54) is 0 Å². The maximum absolute atomic E-state index is 6.61. The Morgan fingerprint density at radius 1 is 0.600 bits per heavy atom. The van der Waals surface area contributed by atoms with Crippen LogP contribution in [0.25, 0.3) is 0 Å². The molecule has 4 heteroatoms. The van der Waals surface area contributed by atoms with Gasteiger partial charge in [0.25, 0.3) is 0 Å². The van der Waals surface area contributed by atoms with Crippen molar-refractivity contribution in [2.45, 2.75) is 124 Å². The van der Waals surface area contributed by atoms with E-state index < -0.39 is 0 Å². The molecule has 0 aromatic rings. The summed E-state index contributed by atoms with van der Waals surface area (Å²) in [6.07, 6.45) is 1.71. The summed E-state index contributed by atoms with van der Waals surface area (Å²) in [6, 6.07) is 0. The second-order valence-electron chi connectivity index (χ2n) is 11.1. The predicted molar refractivity (Wildman–Crippen MR) is 112 cm³/mol. The Kier molecular flexibility index (Phi) is 7.84. The van der Waals surface area contributed by atoms with Gasteiger partial charge in [-0.3, -0.25) is 0 Å². The summed E-state index contributed by atoms with van der Waals surface area (Å²) in [5.41, 5.74) is -1.05. The third-order valence-corrected chi connectivity index (χ3v) is 5.64. The number of rotatable bonds is 9. The van der Waals surface area contributed by atoms with Crippen LogP contribution in [0.3, 0.4) is 0 Å². The lowest BCUT2D eigenvalue weighted by Crippen LogP contribution is -2.48. The molecule has 0 aliphatic carbocycles. The van der Waals surface area contributed by atoms with E-state index in [0.29, 0.717) is 0 Å². The number of ether oxygens (including phenoxy) is 3. The fourth-order valence-corrected chi connectivity index (χ4v) is 4.33. The minimum atomic E-state index is -0.299. The van der Waals surface area contributed by atoms with Crippen molar-refractivity contribution in [1.82, 2.24) is 0 Å². The molecule has 0 saturated heterocycles. The van der Waals surface area contributed by atoms with E-state index in [2.05, 4.69) is 92.3 Å². The van der Waals surface area contributed by atoms with Crippen molar-refractivity contribution in [2.24, 2.45) is 5.41 Å². The highest BCUT2D eigenvalue weighted by molar-refractivity contribution is 7.18. The van der Waals surface area contributed by atoms with E-state index in [9.17, 15) is 0 Å². The molecule has 0 aromatic carbocycles. The molecule has 0 aliphatic rings. The molecule has 2 atom stereocenters. The topological polar surface area (TPSA) is 27.7 Å². The average molecular weight is 377 g/mol. The van der Waals surface area contributed by atoms with Crippen LogP contribution >= 0.6 is 9.24 Å². The molecule has 0 radical (unpaired) electrons. The van der Waals surface area contributed by atoms with Crippen molar-refractivity contribution in [3.05, 3.63) is 0 Å². The van der Waals surface area contributed by atoms with Crippen LogP contribution in [0.4, 0.5) is 0 Å². The third-order valence-electron chi connectivity index (χ3n) is 4.62. The molecule has 0 rings (SSSR count). The third kappa shape index (κ3) is 9.18. The van der Waals surface area contributed by atoms with Crippen LogP contribution in [0.1, 0.15) is 95.9 Å². The second-order valence-corrected chi connectivity index (χ2v) is 12.2. The normalized spacial score (nSPS) is 17.5. The van der Waals surface area contributed by atoms with Crippen LogP contribution in [0.15, 0.2) is 0 Å². The molecular formula is C21H45O3P. The van der Waals surface area contributed by atoms with E-state index >= 15 is 0 Å². The van der Waals surface area contributed by atoms with E-state index in [4.69, 9.17) is 14.2 Å². The van der Waals surface area contributed by atoms with Gasteiger partial charge in [0.1, 0.15) is 0 Å². The first-order chi connectivity index (χ1) is 10.6. The van der Waals surface area contributed by atoms with Crippen molar-refractivity contribution in [3.63, 3.8) is 0 Å². The smallest absolute Gasteiger partial charge is 0.0832 e. The standard InChI is InChI=1S/C21H45O3P/c1-16(2,3)23-19(8,9)15-20(10,11)24-18(6,7)14-17(4,5)21(12,25)22-13/h14-15,25H2,1-13H3. The first-order valence-electron chi connectivity index (χ1n) is 9.38. The van der Waals surface area contributed by atoms with Crippen molar-refractivity contribution in [3.8, 4) is 0 Å². The highest BCUT2D eigenvalue weighted by Crippen LogP contribution is 2.46. The number of methoxy groups -OCH3 is 1. The number of hydrogen-bond donors (Lipinski definition) is 0. The average Bonchev–Trinajstić information content (AvgIpc) is 2.18. The Morgan fingerprint density at radius 2 is 0.960 bits per heavy atom. The summed E-state index contributed by atoms with van der Waals surface area (Å²) in [7, 11) is 4.61. The van der Waals surface area contributed by atoms with Crippen LogP contribution in [-0.2, 0) is 14.2 Å². The minimum absolute atomic E-state index is 0.0522. The summed E-state index contributed by atoms with van der Waals surface area (Å²) in [5, 5.41) is -0.299. The zero-order valence-electron chi connectivity index (χ0n) is 19.2. The SMILES string of the molecule is COC(C)(P)C(C)(C)CC(C)(C)OC(C)(C)CC(C)(C)OC(C)(C)C. The zero-order valence-corrected chi connectivity index (χ0v) is 20.4. The maximum atomic E-state index is 6.61. The van der Waals surface area contributed by atoms with Crippen molar-refractivity contribution < 1.29 is 14.2 Å². The fourth-order valence-electron chi connectivity index (χ4n) is 4.23. The largest absolute Gasteiger partial charge is 0.374 e. The molecule has 25 heavy (non-hydrogen) atoms. The molecule has 0 heterocycles. The predicted octanol–water partition coefficient (Wildman–Crippen LogP) is 6.20. The van der Waals surface area contributed by atoms with Gasteiger partial charge in [-0.05, 0) is 81.1 Å². The lowest BCUT2D eigenvalue weighted by atomic mass is 9.76. The minimum Gasteiger partial charge on any atom is -0.374 e. The molecule has 0 amide bonds.